The van der Waals surface area contributed by atoms with Crippen molar-refractivity contribution in [1.29, 1.82) is 0 Å². The summed E-state index contributed by atoms with van der Waals surface area (Å²) in [7, 11) is 0.819. The topological polar surface area (TPSA) is 18.5 Å². The van der Waals surface area contributed by atoms with Crippen LogP contribution >= 0.6 is 0 Å². The molecule has 0 spiro atoms. The number of allylic oxidation sites excluding steroid dienone is 2. The molecule has 0 radical (unpaired) electrons. The van der Waals surface area contributed by atoms with E-state index in [1.54, 1.807) is 13.8 Å². The second-order valence-corrected chi connectivity index (χ2v) is 3.15. The lowest BCUT2D eigenvalue weighted by Crippen LogP contribution is -2.14. The van der Waals surface area contributed by atoms with Crippen LogP contribution in [0, 0.1) is 0 Å². The van der Waals surface area contributed by atoms with Gasteiger partial charge in [0.2, 0.25) is 5.91 Å². The van der Waals surface area contributed by atoms with Crippen molar-refractivity contribution in [1.82, 2.24) is 0 Å². The molecular formula is C7H14O2Si. The molecule has 3 heteroatoms. The van der Waals surface area contributed by atoms with Crippen LogP contribution in [0.25, 0.3) is 0 Å². The van der Waals surface area contributed by atoms with Crippen LogP contribution in [0.2, 0.25) is 0 Å². The van der Waals surface area contributed by atoms with Crippen molar-refractivity contribution >= 4 is 10.2 Å². The van der Waals surface area contributed by atoms with Gasteiger partial charge in [-0.1, -0.05) is 13.2 Å². The molecule has 0 heterocycles. The maximum atomic E-state index is 5.15. The lowest BCUT2D eigenvalue weighted by Gasteiger charge is -2.15. The third kappa shape index (κ3) is 5.43. The summed E-state index contributed by atoms with van der Waals surface area (Å²) in [5.41, 5.74) is 0. The van der Waals surface area contributed by atoms with E-state index in [0.717, 1.165) is 10.2 Å². The molecule has 10 heavy (non-hydrogen) atoms. The van der Waals surface area contributed by atoms with Gasteiger partial charge in [0, 0.05) is 0 Å². The van der Waals surface area contributed by atoms with Gasteiger partial charge in [-0.15, -0.1) is 0 Å². The largest absolute Gasteiger partial charge is 0.466 e. The summed E-state index contributed by atoms with van der Waals surface area (Å²) < 4.78 is 10.3. The molecule has 0 saturated heterocycles. The normalized spacial score (nSPS) is 9.50. The van der Waals surface area contributed by atoms with Crippen molar-refractivity contribution in [2.24, 2.45) is 0 Å². The van der Waals surface area contributed by atoms with Gasteiger partial charge < -0.3 is 9.47 Å². The molecule has 0 aliphatic heterocycles. The molecule has 0 N–H and O–H groups in total. The Morgan fingerprint density at radius 1 is 1.20 bits per heavy atom. The molecule has 58 valence electrons. The Morgan fingerprint density at radius 3 is 1.70 bits per heavy atom. The zero-order valence-electron chi connectivity index (χ0n) is 6.81. The Bertz CT molecular complexity index is 127. The Morgan fingerprint density at radius 2 is 1.50 bits per heavy atom. The number of hydrogen-bond donors (Lipinski definition) is 0. The van der Waals surface area contributed by atoms with Crippen LogP contribution in [0.1, 0.15) is 13.8 Å². The molecule has 0 fully saturated rings. The van der Waals surface area contributed by atoms with Crippen LogP contribution in [0.3, 0.4) is 0 Å². The summed E-state index contributed by atoms with van der Waals surface area (Å²) in [5.74, 6) is 1.22. The van der Waals surface area contributed by atoms with E-state index in [0.29, 0.717) is 11.5 Å². The first-order chi connectivity index (χ1) is 4.52. The van der Waals surface area contributed by atoms with E-state index in [2.05, 4.69) is 13.2 Å². The molecule has 0 aromatic carbocycles. The van der Waals surface area contributed by atoms with Crippen LogP contribution in [-0.4, -0.2) is 16.2 Å². The Balaban J connectivity index is 3.53. The summed E-state index contributed by atoms with van der Waals surface area (Å²) >= 11 is 0. The van der Waals surface area contributed by atoms with E-state index in [9.17, 15) is 0 Å². The van der Waals surface area contributed by atoms with Gasteiger partial charge in [0.1, 0.15) is 10.2 Å². The lowest BCUT2D eigenvalue weighted by molar-refractivity contribution is -0.0222. The zero-order chi connectivity index (χ0) is 8.15. The SMILES string of the molecule is C=C(C)OC([SiH3])OC(=C)C. The second-order valence-electron chi connectivity index (χ2n) is 2.21. The molecule has 2 nitrogen and oxygen atoms in total. The maximum Gasteiger partial charge on any atom is 0.208 e. The molecule has 0 amide bonds. The van der Waals surface area contributed by atoms with E-state index >= 15 is 0 Å². The quantitative estimate of drug-likeness (QED) is 0.341. The van der Waals surface area contributed by atoms with E-state index < -0.39 is 0 Å². The summed E-state index contributed by atoms with van der Waals surface area (Å²) in [6.45, 7) is 10.8. The third-order valence-electron chi connectivity index (χ3n) is 0.734. The molecule has 0 aromatic heterocycles. The highest BCUT2D eigenvalue weighted by molar-refractivity contribution is 6.10. The average molecular weight is 158 g/mol. The van der Waals surface area contributed by atoms with Crippen molar-refractivity contribution < 1.29 is 9.47 Å². The van der Waals surface area contributed by atoms with Gasteiger partial charge in [-0.05, 0) is 13.8 Å². The van der Waals surface area contributed by atoms with Gasteiger partial charge in [-0.25, -0.2) is 0 Å². The van der Waals surface area contributed by atoms with Gasteiger partial charge in [0.05, 0.1) is 11.5 Å². The molecule has 0 saturated carbocycles. The fourth-order valence-electron chi connectivity index (χ4n) is 0.591. The molecule has 0 atom stereocenters. The summed E-state index contributed by atoms with van der Waals surface area (Å²) in [6, 6.07) is 0. The summed E-state index contributed by atoms with van der Waals surface area (Å²) in [5, 5.41) is 0. The van der Waals surface area contributed by atoms with Crippen LogP contribution in [0.4, 0.5) is 0 Å². The maximum absolute atomic E-state index is 5.15. The highest BCUT2D eigenvalue weighted by Gasteiger charge is 2.00. The minimum atomic E-state index is -0.144. The highest BCUT2D eigenvalue weighted by atomic mass is 28.1. The van der Waals surface area contributed by atoms with Crippen molar-refractivity contribution in [3.63, 3.8) is 0 Å². The molecule has 0 aromatic rings. The van der Waals surface area contributed by atoms with E-state index in [4.69, 9.17) is 9.47 Å². The zero-order valence-corrected chi connectivity index (χ0v) is 8.81. The predicted octanol–water partition coefficient (Wildman–Crippen LogP) is 0.736. The first-order valence-corrected chi connectivity index (χ1v) is 4.32. The third-order valence-corrected chi connectivity index (χ3v) is 1.21. The molecule has 0 aliphatic rings. The Kier molecular flexibility index (Phi) is 3.87. The van der Waals surface area contributed by atoms with Crippen LogP contribution in [0.5, 0.6) is 0 Å². The van der Waals surface area contributed by atoms with Gasteiger partial charge >= 0.3 is 0 Å². The van der Waals surface area contributed by atoms with Gasteiger partial charge in [-0.3, -0.25) is 0 Å². The van der Waals surface area contributed by atoms with Crippen LogP contribution in [-0.2, 0) is 9.47 Å². The average Bonchev–Trinajstić information content (AvgIpc) is 1.58. The first kappa shape index (κ1) is 9.30. The van der Waals surface area contributed by atoms with Crippen molar-refractivity contribution in [3.8, 4) is 0 Å². The number of ether oxygens (including phenoxy) is 2. The highest BCUT2D eigenvalue weighted by Crippen LogP contribution is 2.01. The molecule has 0 unspecified atom stereocenters. The Hall–Kier alpha value is -0.703. The molecule has 0 bridgehead atoms. The van der Waals surface area contributed by atoms with E-state index in [-0.39, 0.29) is 5.91 Å². The predicted molar refractivity (Wildman–Crippen MR) is 45.5 cm³/mol. The van der Waals surface area contributed by atoms with Crippen molar-refractivity contribution in [3.05, 3.63) is 24.7 Å². The molecule has 0 rings (SSSR count). The standard InChI is InChI=1S/C7H14O2Si/c1-5(2)8-7(10)9-6(3)4/h7H,1,3H2,2,4,10H3. The fourth-order valence-corrected chi connectivity index (χ4v) is 1.40. The molecular weight excluding hydrogens is 144 g/mol. The van der Waals surface area contributed by atoms with Crippen molar-refractivity contribution in [2.45, 2.75) is 19.8 Å². The van der Waals surface area contributed by atoms with Crippen molar-refractivity contribution in [2.75, 3.05) is 0 Å². The minimum absolute atomic E-state index is 0.144. The first-order valence-electron chi connectivity index (χ1n) is 3.16. The number of rotatable bonds is 4. The van der Waals surface area contributed by atoms with Gasteiger partial charge in [0.15, 0.2) is 0 Å². The van der Waals surface area contributed by atoms with E-state index in [1.165, 1.54) is 0 Å². The van der Waals surface area contributed by atoms with Crippen LogP contribution < -0.4 is 0 Å². The monoisotopic (exact) mass is 158 g/mol. The lowest BCUT2D eigenvalue weighted by atomic mass is 10.6. The fraction of sp³-hybridized carbons (Fsp3) is 0.429. The second kappa shape index (κ2) is 4.17. The summed E-state index contributed by atoms with van der Waals surface area (Å²) in [4.78, 5) is 0. The van der Waals surface area contributed by atoms with E-state index in [1.807, 2.05) is 0 Å². The number of hydrogen-bond acceptors (Lipinski definition) is 2. The van der Waals surface area contributed by atoms with Gasteiger partial charge in [0.25, 0.3) is 0 Å². The van der Waals surface area contributed by atoms with Crippen LogP contribution in [0.15, 0.2) is 24.7 Å². The Labute approximate surface area is 64.9 Å². The minimum Gasteiger partial charge on any atom is -0.466 e. The smallest absolute Gasteiger partial charge is 0.208 e. The van der Waals surface area contributed by atoms with Gasteiger partial charge in [-0.2, -0.15) is 0 Å². The molecule has 0 aliphatic carbocycles. The summed E-state index contributed by atoms with van der Waals surface area (Å²) in [6.07, 6.45) is 0.